The summed E-state index contributed by atoms with van der Waals surface area (Å²) in [5.74, 6) is 1.03. The van der Waals surface area contributed by atoms with Crippen molar-refractivity contribution in [3.05, 3.63) is 23.0 Å². The van der Waals surface area contributed by atoms with Crippen LogP contribution >= 0.6 is 24.0 Å². The summed E-state index contributed by atoms with van der Waals surface area (Å²) >= 11 is 7.10. The molecule has 0 amide bonds. The largest absolute Gasteiger partial charge is 0.357 e. The second kappa shape index (κ2) is 4.71. The van der Waals surface area contributed by atoms with E-state index in [1.165, 1.54) is 11.3 Å². The summed E-state index contributed by atoms with van der Waals surface area (Å²) in [6.07, 6.45) is 0. The standard InChI is InChI=1S/C12H19NS2/c1-6-15-11(14)10-8(2)7-9(13-10)12(3,4)5/h7,13H,6H2,1-5H3. The molecule has 1 heterocycles. The molecule has 15 heavy (non-hydrogen) atoms. The van der Waals surface area contributed by atoms with Crippen LogP contribution in [0, 0.1) is 6.92 Å². The number of aromatic nitrogens is 1. The van der Waals surface area contributed by atoms with Crippen molar-refractivity contribution in [1.29, 1.82) is 0 Å². The van der Waals surface area contributed by atoms with E-state index in [9.17, 15) is 0 Å². The van der Waals surface area contributed by atoms with Gasteiger partial charge in [0.25, 0.3) is 0 Å². The van der Waals surface area contributed by atoms with Gasteiger partial charge in [-0.25, -0.2) is 0 Å². The minimum Gasteiger partial charge on any atom is -0.357 e. The molecule has 3 heteroatoms. The fraction of sp³-hybridized carbons (Fsp3) is 0.583. The van der Waals surface area contributed by atoms with Crippen LogP contribution in [0.5, 0.6) is 0 Å². The highest BCUT2D eigenvalue weighted by Gasteiger charge is 2.18. The summed E-state index contributed by atoms with van der Waals surface area (Å²) in [4.78, 5) is 3.44. The molecule has 84 valence electrons. The molecule has 0 aliphatic carbocycles. The highest BCUT2D eigenvalue weighted by atomic mass is 32.2. The fourth-order valence-corrected chi connectivity index (χ4v) is 2.56. The van der Waals surface area contributed by atoms with Gasteiger partial charge in [-0.1, -0.05) is 39.9 Å². The second-order valence-corrected chi connectivity index (χ2v) is 6.65. The maximum Gasteiger partial charge on any atom is 0.0943 e. The van der Waals surface area contributed by atoms with E-state index in [-0.39, 0.29) is 5.41 Å². The van der Waals surface area contributed by atoms with Gasteiger partial charge in [-0.3, -0.25) is 0 Å². The first-order valence-corrected chi connectivity index (χ1v) is 6.63. The van der Waals surface area contributed by atoms with E-state index in [2.05, 4.69) is 45.7 Å². The van der Waals surface area contributed by atoms with E-state index in [4.69, 9.17) is 12.2 Å². The van der Waals surface area contributed by atoms with Gasteiger partial charge in [-0.05, 0) is 24.3 Å². The number of thiocarbonyl (C=S) groups is 1. The Bertz CT molecular complexity index is 358. The Hall–Kier alpha value is -0.280. The average Bonchev–Trinajstić information content (AvgIpc) is 2.47. The Morgan fingerprint density at radius 1 is 1.47 bits per heavy atom. The first-order valence-electron chi connectivity index (χ1n) is 5.23. The van der Waals surface area contributed by atoms with Gasteiger partial charge in [-0.2, -0.15) is 0 Å². The van der Waals surface area contributed by atoms with Gasteiger partial charge in [0.2, 0.25) is 0 Å². The van der Waals surface area contributed by atoms with E-state index in [1.54, 1.807) is 11.8 Å². The molecule has 0 radical (unpaired) electrons. The number of rotatable bonds is 2. The van der Waals surface area contributed by atoms with Crippen LogP contribution in [0.3, 0.4) is 0 Å². The van der Waals surface area contributed by atoms with Crippen molar-refractivity contribution < 1.29 is 0 Å². The van der Waals surface area contributed by atoms with Crippen LogP contribution in [0.4, 0.5) is 0 Å². The lowest BCUT2D eigenvalue weighted by Gasteiger charge is -2.16. The maximum absolute atomic E-state index is 5.38. The number of aryl methyl sites for hydroxylation is 1. The zero-order valence-electron chi connectivity index (χ0n) is 10.1. The van der Waals surface area contributed by atoms with Crippen LogP contribution in [0.25, 0.3) is 0 Å². The van der Waals surface area contributed by atoms with Crippen LogP contribution in [0.15, 0.2) is 6.07 Å². The van der Waals surface area contributed by atoms with Crippen molar-refractivity contribution in [3.8, 4) is 0 Å². The maximum atomic E-state index is 5.38. The Morgan fingerprint density at radius 3 is 2.47 bits per heavy atom. The zero-order valence-corrected chi connectivity index (χ0v) is 11.7. The van der Waals surface area contributed by atoms with Crippen molar-refractivity contribution in [2.75, 3.05) is 5.75 Å². The van der Waals surface area contributed by atoms with E-state index >= 15 is 0 Å². The molecule has 0 saturated heterocycles. The predicted molar refractivity (Wildman–Crippen MR) is 74.1 cm³/mol. The van der Waals surface area contributed by atoms with Gasteiger partial charge in [0, 0.05) is 11.1 Å². The summed E-state index contributed by atoms with van der Waals surface area (Å²) in [6.45, 7) is 10.9. The smallest absolute Gasteiger partial charge is 0.0943 e. The number of nitrogens with one attached hydrogen (secondary N) is 1. The lowest BCUT2D eigenvalue weighted by Crippen LogP contribution is -2.11. The third-order valence-corrected chi connectivity index (χ3v) is 3.62. The molecule has 0 bridgehead atoms. The highest BCUT2D eigenvalue weighted by molar-refractivity contribution is 8.23. The lowest BCUT2D eigenvalue weighted by atomic mass is 9.92. The average molecular weight is 241 g/mol. The van der Waals surface area contributed by atoms with Gasteiger partial charge < -0.3 is 4.98 Å². The monoisotopic (exact) mass is 241 g/mol. The Kier molecular flexibility index (Phi) is 4.01. The predicted octanol–water partition coefficient (Wildman–Crippen LogP) is 4.05. The van der Waals surface area contributed by atoms with Crippen molar-refractivity contribution in [1.82, 2.24) is 4.98 Å². The van der Waals surface area contributed by atoms with Crippen molar-refractivity contribution in [2.45, 2.75) is 40.0 Å². The van der Waals surface area contributed by atoms with Crippen molar-refractivity contribution in [3.63, 3.8) is 0 Å². The molecule has 0 spiro atoms. The highest BCUT2D eigenvalue weighted by Crippen LogP contribution is 2.25. The minimum atomic E-state index is 0.162. The molecule has 1 rings (SSSR count). The van der Waals surface area contributed by atoms with Crippen LogP contribution in [-0.4, -0.2) is 14.9 Å². The van der Waals surface area contributed by atoms with Crippen LogP contribution in [0.1, 0.15) is 44.6 Å². The van der Waals surface area contributed by atoms with Gasteiger partial charge in [0.05, 0.1) is 9.89 Å². The third-order valence-electron chi connectivity index (χ3n) is 2.30. The van der Waals surface area contributed by atoms with Gasteiger partial charge in [-0.15, -0.1) is 11.8 Å². The van der Waals surface area contributed by atoms with Gasteiger partial charge in [0.15, 0.2) is 0 Å². The molecule has 1 aromatic rings. The van der Waals surface area contributed by atoms with Crippen LogP contribution in [0.2, 0.25) is 0 Å². The molecule has 0 aliphatic heterocycles. The quantitative estimate of drug-likeness (QED) is 0.786. The molecular formula is C12H19NS2. The summed E-state index contributed by atoms with van der Waals surface area (Å²) in [5.41, 5.74) is 3.80. The van der Waals surface area contributed by atoms with Gasteiger partial charge in [0.1, 0.15) is 0 Å². The lowest BCUT2D eigenvalue weighted by molar-refractivity contribution is 0.572. The van der Waals surface area contributed by atoms with E-state index in [0.717, 1.165) is 15.6 Å². The first-order chi connectivity index (χ1) is 6.86. The Labute approximate surface area is 102 Å². The molecule has 0 saturated carbocycles. The van der Waals surface area contributed by atoms with Crippen molar-refractivity contribution in [2.24, 2.45) is 0 Å². The normalized spacial score (nSPS) is 11.8. The molecule has 1 N–H and O–H groups in total. The van der Waals surface area contributed by atoms with Crippen LogP contribution in [-0.2, 0) is 5.41 Å². The number of hydrogen-bond donors (Lipinski definition) is 1. The van der Waals surface area contributed by atoms with Crippen molar-refractivity contribution >= 4 is 28.2 Å². The second-order valence-electron chi connectivity index (χ2n) is 4.71. The van der Waals surface area contributed by atoms with E-state index in [0.29, 0.717) is 0 Å². The van der Waals surface area contributed by atoms with Crippen LogP contribution < -0.4 is 0 Å². The summed E-state index contributed by atoms with van der Waals surface area (Å²) in [5, 5.41) is 0. The number of hydrogen-bond acceptors (Lipinski definition) is 2. The number of H-pyrrole nitrogens is 1. The molecule has 1 aromatic heterocycles. The Balaban J connectivity index is 3.02. The molecule has 0 aliphatic rings. The third kappa shape index (κ3) is 3.08. The molecule has 0 aromatic carbocycles. The first kappa shape index (κ1) is 12.8. The number of thioether (sulfide) groups is 1. The Morgan fingerprint density at radius 2 is 2.07 bits per heavy atom. The van der Waals surface area contributed by atoms with E-state index < -0.39 is 0 Å². The minimum absolute atomic E-state index is 0.162. The zero-order chi connectivity index (χ0) is 11.6. The summed E-state index contributed by atoms with van der Waals surface area (Å²) < 4.78 is 0.977. The molecule has 0 fully saturated rings. The summed E-state index contributed by atoms with van der Waals surface area (Å²) in [6, 6.07) is 2.21. The molecule has 1 nitrogen and oxygen atoms in total. The summed E-state index contributed by atoms with van der Waals surface area (Å²) in [7, 11) is 0. The molecule has 0 atom stereocenters. The topological polar surface area (TPSA) is 15.8 Å². The van der Waals surface area contributed by atoms with Gasteiger partial charge >= 0.3 is 0 Å². The molecular weight excluding hydrogens is 222 g/mol. The SMILES string of the molecule is CCSC(=S)c1[nH]c(C(C)(C)C)cc1C. The fourth-order valence-electron chi connectivity index (χ4n) is 1.38. The van der Waals surface area contributed by atoms with E-state index in [1.807, 2.05) is 0 Å². The number of aromatic amines is 1. The molecule has 0 unspecified atom stereocenters.